The first kappa shape index (κ1) is 11.9. The molecule has 19 heavy (non-hydrogen) atoms. The predicted octanol–water partition coefficient (Wildman–Crippen LogP) is 3.69. The van der Waals surface area contributed by atoms with Crippen LogP contribution in [0.3, 0.4) is 0 Å². The first-order valence-corrected chi connectivity index (χ1v) is 7.23. The Morgan fingerprint density at radius 2 is 1.58 bits per heavy atom. The number of methoxy groups -OCH3 is 1. The lowest BCUT2D eigenvalue weighted by atomic mass is 10.3. The van der Waals surface area contributed by atoms with Crippen LogP contribution in [-0.2, 0) is 4.57 Å². The van der Waals surface area contributed by atoms with Gasteiger partial charge in [-0.25, -0.2) is 4.57 Å². The summed E-state index contributed by atoms with van der Waals surface area (Å²) in [5, 5.41) is 2.77. The zero-order valence-corrected chi connectivity index (χ0v) is 11.1. The van der Waals surface area contributed by atoms with Crippen molar-refractivity contribution in [3.8, 4) is 17.2 Å². The van der Waals surface area contributed by atoms with E-state index in [2.05, 4.69) is 5.09 Å². The first-order chi connectivity index (χ1) is 9.18. The van der Waals surface area contributed by atoms with Crippen molar-refractivity contribution in [2.24, 2.45) is 0 Å². The molecule has 3 rings (SSSR count). The van der Waals surface area contributed by atoms with Crippen molar-refractivity contribution in [1.29, 1.82) is 0 Å². The average molecular weight is 277 g/mol. The normalized spacial score (nSPS) is 15.0. The van der Waals surface area contributed by atoms with Gasteiger partial charge in [-0.3, -0.25) is 5.09 Å². The standard InChI is InChI=1S/C13H12NO4P/c1-16-11-8-6-10(7-9-11)14-19(15)17-12-4-2-3-5-13(12)18-19/h2-9H,1H3,(H,14,15). The van der Waals surface area contributed by atoms with E-state index in [0.717, 1.165) is 5.75 Å². The number of fused-ring (bicyclic) bond motifs is 1. The van der Waals surface area contributed by atoms with Gasteiger partial charge in [0.2, 0.25) is 0 Å². The summed E-state index contributed by atoms with van der Waals surface area (Å²) in [6.45, 7) is 0. The maximum absolute atomic E-state index is 12.4. The fourth-order valence-corrected chi connectivity index (χ4v) is 3.16. The van der Waals surface area contributed by atoms with Crippen LogP contribution in [0.1, 0.15) is 0 Å². The van der Waals surface area contributed by atoms with Gasteiger partial charge in [0, 0.05) is 5.69 Å². The molecular weight excluding hydrogens is 265 g/mol. The minimum absolute atomic E-state index is 0.479. The third-order valence-corrected chi connectivity index (χ3v) is 4.05. The third kappa shape index (κ3) is 2.37. The van der Waals surface area contributed by atoms with Gasteiger partial charge in [-0.15, -0.1) is 0 Å². The van der Waals surface area contributed by atoms with E-state index in [1.807, 2.05) is 0 Å². The quantitative estimate of drug-likeness (QED) is 0.867. The molecule has 2 aromatic carbocycles. The number of anilines is 1. The molecule has 1 N–H and O–H groups in total. The van der Waals surface area contributed by atoms with E-state index in [-0.39, 0.29) is 0 Å². The molecule has 1 aliphatic heterocycles. The minimum Gasteiger partial charge on any atom is -0.497 e. The van der Waals surface area contributed by atoms with Crippen molar-refractivity contribution in [2.75, 3.05) is 12.2 Å². The Hall–Kier alpha value is -2.13. The van der Waals surface area contributed by atoms with E-state index >= 15 is 0 Å². The van der Waals surface area contributed by atoms with Gasteiger partial charge in [-0.1, -0.05) is 12.1 Å². The Kier molecular flexibility index (Phi) is 2.84. The molecule has 0 saturated heterocycles. The van der Waals surface area contributed by atoms with Gasteiger partial charge >= 0.3 is 7.75 Å². The number of nitrogens with one attached hydrogen (secondary N) is 1. The molecule has 1 aliphatic rings. The van der Waals surface area contributed by atoms with Crippen molar-refractivity contribution < 1.29 is 18.3 Å². The number of hydrogen-bond donors (Lipinski definition) is 1. The number of para-hydroxylation sites is 2. The summed E-state index contributed by atoms with van der Waals surface area (Å²) in [6, 6.07) is 14.0. The molecule has 6 heteroatoms. The van der Waals surface area contributed by atoms with Crippen LogP contribution < -0.4 is 18.9 Å². The number of ether oxygens (including phenoxy) is 1. The van der Waals surface area contributed by atoms with Crippen molar-refractivity contribution in [3.63, 3.8) is 0 Å². The fourth-order valence-electron chi connectivity index (χ4n) is 1.75. The van der Waals surface area contributed by atoms with E-state index in [1.54, 1.807) is 55.6 Å². The number of benzene rings is 2. The zero-order valence-electron chi connectivity index (χ0n) is 10.2. The summed E-state index contributed by atoms with van der Waals surface area (Å²) in [7, 11) is -1.80. The van der Waals surface area contributed by atoms with Crippen molar-refractivity contribution in [1.82, 2.24) is 0 Å². The molecular formula is C13H12NO4P. The molecule has 0 radical (unpaired) electrons. The van der Waals surface area contributed by atoms with E-state index < -0.39 is 7.75 Å². The summed E-state index contributed by atoms with van der Waals surface area (Å²) in [6.07, 6.45) is 0. The topological polar surface area (TPSA) is 56.8 Å². The van der Waals surface area contributed by atoms with Crippen LogP contribution in [0.2, 0.25) is 0 Å². The first-order valence-electron chi connectivity index (χ1n) is 5.69. The summed E-state index contributed by atoms with van der Waals surface area (Å²) >= 11 is 0. The average Bonchev–Trinajstić information content (AvgIpc) is 2.75. The van der Waals surface area contributed by atoms with Crippen molar-refractivity contribution >= 4 is 13.4 Å². The molecule has 98 valence electrons. The Morgan fingerprint density at radius 3 is 2.11 bits per heavy atom. The van der Waals surface area contributed by atoms with Gasteiger partial charge in [-0.2, -0.15) is 0 Å². The molecule has 0 aliphatic carbocycles. The summed E-state index contributed by atoms with van der Waals surface area (Å²) in [5.74, 6) is 1.68. The van der Waals surface area contributed by atoms with Crippen molar-refractivity contribution in [3.05, 3.63) is 48.5 Å². The SMILES string of the molecule is COc1ccc(NP2(=O)Oc3ccccc3O2)cc1. The molecule has 0 spiro atoms. The molecule has 0 unspecified atom stereocenters. The Balaban J connectivity index is 1.79. The van der Waals surface area contributed by atoms with Crippen LogP contribution in [0, 0.1) is 0 Å². The maximum Gasteiger partial charge on any atom is 0.541 e. The van der Waals surface area contributed by atoms with Crippen LogP contribution in [0.15, 0.2) is 48.5 Å². The van der Waals surface area contributed by atoms with Gasteiger partial charge in [0.25, 0.3) is 0 Å². The lowest BCUT2D eigenvalue weighted by Gasteiger charge is -2.12. The van der Waals surface area contributed by atoms with Crippen LogP contribution in [0.4, 0.5) is 5.69 Å². The molecule has 0 bridgehead atoms. The molecule has 0 aromatic heterocycles. The molecule has 1 heterocycles. The summed E-state index contributed by atoms with van der Waals surface area (Å²) in [4.78, 5) is 0. The molecule has 0 atom stereocenters. The fraction of sp³-hybridized carbons (Fsp3) is 0.0769. The van der Waals surface area contributed by atoms with Crippen molar-refractivity contribution in [2.45, 2.75) is 0 Å². The van der Waals surface area contributed by atoms with Crippen LogP contribution in [0.5, 0.6) is 17.2 Å². The van der Waals surface area contributed by atoms with Crippen LogP contribution in [-0.4, -0.2) is 7.11 Å². The second-order valence-electron chi connectivity index (χ2n) is 3.97. The van der Waals surface area contributed by atoms with Gasteiger partial charge in [-0.05, 0) is 36.4 Å². The molecule has 2 aromatic rings. The van der Waals surface area contributed by atoms with Gasteiger partial charge in [0.05, 0.1) is 7.11 Å². The third-order valence-electron chi connectivity index (χ3n) is 2.64. The molecule has 0 fully saturated rings. The van der Waals surface area contributed by atoms with Crippen LogP contribution in [0.25, 0.3) is 0 Å². The molecule has 0 saturated carbocycles. The van der Waals surface area contributed by atoms with Gasteiger partial charge in [0.1, 0.15) is 5.75 Å². The minimum atomic E-state index is -3.39. The Labute approximate surface area is 110 Å². The van der Waals surface area contributed by atoms with Crippen LogP contribution >= 0.6 is 7.75 Å². The number of hydrogen-bond acceptors (Lipinski definition) is 4. The van der Waals surface area contributed by atoms with E-state index in [1.165, 1.54) is 0 Å². The zero-order chi connectivity index (χ0) is 13.3. The summed E-state index contributed by atoms with van der Waals surface area (Å²) < 4.78 is 28.2. The second kappa shape index (κ2) is 4.52. The smallest absolute Gasteiger partial charge is 0.497 e. The predicted molar refractivity (Wildman–Crippen MR) is 71.9 cm³/mol. The molecule has 5 nitrogen and oxygen atoms in total. The number of rotatable bonds is 3. The van der Waals surface area contributed by atoms with E-state index in [0.29, 0.717) is 17.2 Å². The highest BCUT2D eigenvalue weighted by molar-refractivity contribution is 7.56. The van der Waals surface area contributed by atoms with E-state index in [4.69, 9.17) is 13.8 Å². The Morgan fingerprint density at radius 1 is 1.00 bits per heavy atom. The highest BCUT2D eigenvalue weighted by Crippen LogP contribution is 2.57. The lowest BCUT2D eigenvalue weighted by molar-refractivity contribution is 0.415. The van der Waals surface area contributed by atoms with E-state index in [9.17, 15) is 4.57 Å². The van der Waals surface area contributed by atoms with Gasteiger partial charge < -0.3 is 13.8 Å². The largest absolute Gasteiger partial charge is 0.541 e. The van der Waals surface area contributed by atoms with Gasteiger partial charge in [0.15, 0.2) is 11.5 Å². The Bertz CT molecular complexity index is 612. The lowest BCUT2D eigenvalue weighted by Crippen LogP contribution is -2.03. The maximum atomic E-state index is 12.4. The second-order valence-corrected chi connectivity index (χ2v) is 5.55. The monoisotopic (exact) mass is 277 g/mol. The highest BCUT2D eigenvalue weighted by Gasteiger charge is 2.36. The molecule has 0 amide bonds. The highest BCUT2D eigenvalue weighted by atomic mass is 31.2. The summed E-state index contributed by atoms with van der Waals surface area (Å²) in [5.41, 5.74) is 0.636.